The highest BCUT2D eigenvalue weighted by Crippen LogP contribution is 2.23. The van der Waals surface area contributed by atoms with Crippen LogP contribution in [0, 0.1) is 3.57 Å². The molecule has 3 rings (SSSR count). The number of halogens is 2. The number of nitrogens with zero attached hydrogens (tertiary/aromatic N) is 1. The minimum Gasteiger partial charge on any atom is -0.320 e. The van der Waals surface area contributed by atoms with Crippen molar-refractivity contribution < 1.29 is 4.79 Å². The number of rotatable bonds is 2. The van der Waals surface area contributed by atoms with Gasteiger partial charge in [0.1, 0.15) is 5.69 Å². The molecule has 104 valence electrons. The number of anilines is 1. The first-order valence-corrected chi connectivity index (χ1v) is 7.71. The fraction of sp³-hybridized carbons (Fsp3) is 0. The quantitative estimate of drug-likeness (QED) is 0.622. The molecule has 1 aromatic heterocycles. The van der Waals surface area contributed by atoms with Crippen LogP contribution in [0.2, 0.25) is 5.02 Å². The third-order valence-corrected chi connectivity index (χ3v) is 4.14. The molecule has 0 radical (unpaired) electrons. The van der Waals surface area contributed by atoms with Crippen LogP contribution < -0.4 is 5.32 Å². The number of carbonyl (C=O) groups excluding carboxylic acids is 1. The molecule has 0 saturated heterocycles. The Morgan fingerprint density at radius 1 is 1.10 bits per heavy atom. The monoisotopic (exact) mass is 408 g/mol. The Balaban J connectivity index is 1.89. The van der Waals surface area contributed by atoms with E-state index in [1.165, 1.54) is 0 Å². The average molecular weight is 409 g/mol. The molecule has 0 aliphatic rings. The smallest absolute Gasteiger partial charge is 0.274 e. The first-order chi connectivity index (χ1) is 10.1. The molecule has 1 N–H and O–H groups in total. The van der Waals surface area contributed by atoms with Crippen molar-refractivity contribution in [3.8, 4) is 0 Å². The second-order valence-corrected chi connectivity index (χ2v) is 6.07. The zero-order chi connectivity index (χ0) is 14.8. The molecule has 0 fully saturated rings. The standard InChI is InChI=1S/C16H10ClIN2O/c17-11-6-8-14(12(18)9-11)20-16(21)15-7-5-10-3-1-2-4-13(10)19-15/h1-9H,(H,20,21). The maximum absolute atomic E-state index is 12.3. The predicted molar refractivity (Wildman–Crippen MR) is 93.9 cm³/mol. The van der Waals surface area contributed by atoms with Crippen LogP contribution in [0.25, 0.3) is 10.9 Å². The number of carbonyl (C=O) groups is 1. The van der Waals surface area contributed by atoms with Crippen molar-refractivity contribution in [1.82, 2.24) is 4.98 Å². The zero-order valence-electron chi connectivity index (χ0n) is 10.8. The van der Waals surface area contributed by atoms with E-state index in [1.807, 2.05) is 30.3 Å². The van der Waals surface area contributed by atoms with Gasteiger partial charge in [0.2, 0.25) is 0 Å². The summed E-state index contributed by atoms with van der Waals surface area (Å²) in [6.07, 6.45) is 0. The van der Waals surface area contributed by atoms with E-state index in [9.17, 15) is 4.79 Å². The Labute approximate surface area is 140 Å². The van der Waals surface area contributed by atoms with Crippen LogP contribution in [0.4, 0.5) is 5.69 Å². The Bertz CT molecular complexity index is 835. The molecule has 0 bridgehead atoms. The molecule has 0 spiro atoms. The first kappa shape index (κ1) is 14.3. The number of hydrogen-bond acceptors (Lipinski definition) is 2. The molecule has 0 unspecified atom stereocenters. The Hall–Kier alpha value is -1.66. The fourth-order valence-electron chi connectivity index (χ4n) is 1.97. The predicted octanol–water partition coefficient (Wildman–Crippen LogP) is 4.75. The lowest BCUT2D eigenvalue weighted by molar-refractivity contribution is 0.102. The van der Waals surface area contributed by atoms with E-state index in [4.69, 9.17) is 11.6 Å². The third-order valence-electron chi connectivity index (χ3n) is 3.01. The Kier molecular flexibility index (Phi) is 4.07. The van der Waals surface area contributed by atoms with Crippen molar-refractivity contribution in [2.45, 2.75) is 0 Å². The van der Waals surface area contributed by atoms with E-state index in [0.717, 1.165) is 20.2 Å². The van der Waals surface area contributed by atoms with Gasteiger partial charge in [0.05, 0.1) is 11.2 Å². The number of aromatic nitrogens is 1. The van der Waals surface area contributed by atoms with E-state index < -0.39 is 0 Å². The second-order valence-electron chi connectivity index (χ2n) is 4.47. The molecular formula is C16H10ClIN2O. The van der Waals surface area contributed by atoms with Crippen molar-refractivity contribution >= 4 is 56.7 Å². The van der Waals surface area contributed by atoms with Gasteiger partial charge in [0, 0.05) is 14.0 Å². The summed E-state index contributed by atoms with van der Waals surface area (Å²) < 4.78 is 0.884. The molecule has 0 atom stereocenters. The maximum atomic E-state index is 12.3. The minimum absolute atomic E-state index is 0.235. The highest BCUT2D eigenvalue weighted by atomic mass is 127. The number of hydrogen-bond donors (Lipinski definition) is 1. The molecule has 1 amide bonds. The summed E-state index contributed by atoms with van der Waals surface area (Å²) in [6, 6.07) is 16.6. The molecule has 2 aromatic carbocycles. The lowest BCUT2D eigenvalue weighted by Gasteiger charge is -2.08. The van der Waals surface area contributed by atoms with Crippen molar-refractivity contribution in [3.05, 3.63) is 68.9 Å². The van der Waals surface area contributed by atoms with Gasteiger partial charge in [0.25, 0.3) is 5.91 Å². The maximum Gasteiger partial charge on any atom is 0.274 e. The zero-order valence-corrected chi connectivity index (χ0v) is 13.7. The number of nitrogens with one attached hydrogen (secondary N) is 1. The topological polar surface area (TPSA) is 42.0 Å². The number of pyridine rings is 1. The normalized spacial score (nSPS) is 10.6. The summed E-state index contributed by atoms with van der Waals surface area (Å²) in [5.74, 6) is -0.235. The van der Waals surface area contributed by atoms with E-state index in [2.05, 4.69) is 32.9 Å². The lowest BCUT2D eigenvalue weighted by Crippen LogP contribution is -2.14. The lowest BCUT2D eigenvalue weighted by atomic mass is 10.2. The number of amides is 1. The summed E-state index contributed by atoms with van der Waals surface area (Å²) >= 11 is 8.04. The van der Waals surface area contributed by atoms with E-state index in [1.54, 1.807) is 24.3 Å². The van der Waals surface area contributed by atoms with Crippen molar-refractivity contribution in [2.24, 2.45) is 0 Å². The minimum atomic E-state index is -0.235. The third kappa shape index (κ3) is 3.16. The highest BCUT2D eigenvalue weighted by molar-refractivity contribution is 14.1. The van der Waals surface area contributed by atoms with Crippen LogP contribution in [0.3, 0.4) is 0 Å². The summed E-state index contributed by atoms with van der Waals surface area (Å²) in [5.41, 5.74) is 1.91. The van der Waals surface area contributed by atoms with Crippen LogP contribution >= 0.6 is 34.2 Å². The largest absolute Gasteiger partial charge is 0.320 e. The van der Waals surface area contributed by atoms with Gasteiger partial charge < -0.3 is 5.32 Å². The van der Waals surface area contributed by atoms with Gasteiger partial charge in [0.15, 0.2) is 0 Å². The van der Waals surface area contributed by atoms with Gasteiger partial charge in [-0.1, -0.05) is 35.9 Å². The van der Waals surface area contributed by atoms with Crippen LogP contribution in [0.1, 0.15) is 10.5 Å². The van der Waals surface area contributed by atoms with Gasteiger partial charge >= 0.3 is 0 Å². The number of para-hydroxylation sites is 1. The van der Waals surface area contributed by atoms with E-state index >= 15 is 0 Å². The molecule has 0 saturated carbocycles. The highest BCUT2D eigenvalue weighted by Gasteiger charge is 2.10. The Morgan fingerprint density at radius 3 is 2.71 bits per heavy atom. The molecule has 3 aromatic rings. The molecule has 0 aliphatic carbocycles. The summed E-state index contributed by atoms with van der Waals surface area (Å²) in [6.45, 7) is 0. The SMILES string of the molecule is O=C(Nc1ccc(Cl)cc1I)c1ccc2ccccc2n1. The van der Waals surface area contributed by atoms with Gasteiger partial charge in [-0.3, -0.25) is 4.79 Å². The molecular weight excluding hydrogens is 399 g/mol. The van der Waals surface area contributed by atoms with Crippen molar-refractivity contribution in [1.29, 1.82) is 0 Å². The molecule has 5 heteroatoms. The van der Waals surface area contributed by atoms with Crippen molar-refractivity contribution in [3.63, 3.8) is 0 Å². The van der Waals surface area contributed by atoms with Crippen molar-refractivity contribution in [2.75, 3.05) is 5.32 Å². The molecule has 21 heavy (non-hydrogen) atoms. The fourth-order valence-corrected chi connectivity index (χ4v) is 2.98. The van der Waals surface area contributed by atoms with Crippen LogP contribution in [-0.4, -0.2) is 10.9 Å². The van der Waals surface area contributed by atoms with E-state index in [0.29, 0.717) is 10.7 Å². The van der Waals surface area contributed by atoms with Crippen LogP contribution in [0.15, 0.2) is 54.6 Å². The van der Waals surface area contributed by atoms with Gasteiger partial charge in [-0.2, -0.15) is 0 Å². The average Bonchev–Trinajstić information content (AvgIpc) is 2.49. The Morgan fingerprint density at radius 2 is 1.90 bits per heavy atom. The van der Waals surface area contributed by atoms with Gasteiger partial charge in [-0.15, -0.1) is 0 Å². The summed E-state index contributed by atoms with van der Waals surface area (Å²) in [5, 5.41) is 4.50. The van der Waals surface area contributed by atoms with Crippen LogP contribution in [0.5, 0.6) is 0 Å². The van der Waals surface area contributed by atoms with Crippen LogP contribution in [-0.2, 0) is 0 Å². The summed E-state index contributed by atoms with van der Waals surface area (Å²) in [7, 11) is 0. The molecule has 1 heterocycles. The molecule has 3 nitrogen and oxygen atoms in total. The second kappa shape index (κ2) is 5.99. The van der Waals surface area contributed by atoms with Gasteiger partial charge in [-0.25, -0.2) is 4.98 Å². The molecule has 0 aliphatic heterocycles. The van der Waals surface area contributed by atoms with E-state index in [-0.39, 0.29) is 5.91 Å². The summed E-state index contributed by atoms with van der Waals surface area (Å²) in [4.78, 5) is 16.7. The number of fused-ring (bicyclic) bond motifs is 1. The van der Waals surface area contributed by atoms with Gasteiger partial charge in [-0.05, 0) is 52.9 Å². The number of benzene rings is 2. The first-order valence-electron chi connectivity index (χ1n) is 6.26.